The Balaban J connectivity index is 2.44. The second-order valence-electron chi connectivity index (χ2n) is 3.42. The molecular weight excluding hydrogens is 140 g/mol. The van der Waals surface area contributed by atoms with Crippen molar-refractivity contribution in [3.05, 3.63) is 0 Å². The molecule has 1 aliphatic rings. The average molecular weight is 156 g/mol. The monoisotopic (exact) mass is 156 g/mol. The molecule has 1 saturated carbocycles. The fourth-order valence-corrected chi connectivity index (χ4v) is 2.08. The van der Waals surface area contributed by atoms with Gasteiger partial charge in [-0.1, -0.05) is 19.8 Å². The molecule has 0 aliphatic heterocycles. The standard InChI is InChI=1S/C9H16O2/c1-2-4-7-5-3-6-8(7)9(10)11/h7-8H,2-6H2,1H3,(H,10,11). The number of aliphatic carboxylic acids is 1. The molecule has 1 aliphatic carbocycles. The van der Waals surface area contributed by atoms with Crippen molar-refractivity contribution in [1.29, 1.82) is 0 Å². The van der Waals surface area contributed by atoms with E-state index in [9.17, 15) is 4.79 Å². The molecule has 2 nitrogen and oxygen atoms in total. The first-order valence-electron chi connectivity index (χ1n) is 4.48. The lowest BCUT2D eigenvalue weighted by molar-refractivity contribution is -0.143. The molecule has 0 saturated heterocycles. The Morgan fingerprint density at radius 1 is 1.55 bits per heavy atom. The van der Waals surface area contributed by atoms with Crippen LogP contribution in [-0.2, 0) is 4.79 Å². The molecule has 0 aromatic rings. The van der Waals surface area contributed by atoms with E-state index in [2.05, 4.69) is 6.92 Å². The van der Waals surface area contributed by atoms with Crippen LogP contribution in [0.4, 0.5) is 0 Å². The average Bonchev–Trinajstić information content (AvgIpc) is 2.36. The van der Waals surface area contributed by atoms with E-state index in [1.165, 1.54) is 0 Å². The van der Waals surface area contributed by atoms with Gasteiger partial charge in [-0.2, -0.15) is 0 Å². The second kappa shape index (κ2) is 3.74. The van der Waals surface area contributed by atoms with Crippen LogP contribution in [0.15, 0.2) is 0 Å². The molecule has 0 aromatic heterocycles. The molecule has 0 radical (unpaired) electrons. The van der Waals surface area contributed by atoms with Gasteiger partial charge in [-0.05, 0) is 25.2 Å². The second-order valence-corrected chi connectivity index (χ2v) is 3.42. The Hall–Kier alpha value is -0.530. The van der Waals surface area contributed by atoms with Crippen LogP contribution in [0.3, 0.4) is 0 Å². The van der Waals surface area contributed by atoms with Crippen LogP contribution in [0.2, 0.25) is 0 Å². The summed E-state index contributed by atoms with van der Waals surface area (Å²) in [6, 6.07) is 0. The van der Waals surface area contributed by atoms with Crippen molar-refractivity contribution >= 4 is 5.97 Å². The van der Waals surface area contributed by atoms with E-state index < -0.39 is 5.97 Å². The number of hydrogen-bond acceptors (Lipinski definition) is 1. The van der Waals surface area contributed by atoms with Crippen LogP contribution in [0.25, 0.3) is 0 Å². The van der Waals surface area contributed by atoms with Gasteiger partial charge in [0.2, 0.25) is 0 Å². The molecule has 64 valence electrons. The van der Waals surface area contributed by atoms with Gasteiger partial charge < -0.3 is 5.11 Å². The minimum Gasteiger partial charge on any atom is -0.481 e. The van der Waals surface area contributed by atoms with Gasteiger partial charge in [-0.3, -0.25) is 4.79 Å². The Bertz CT molecular complexity index is 142. The predicted octanol–water partition coefficient (Wildman–Crippen LogP) is 2.29. The maximum atomic E-state index is 10.7. The molecule has 11 heavy (non-hydrogen) atoms. The number of carbonyl (C=O) groups is 1. The minimum atomic E-state index is -0.582. The van der Waals surface area contributed by atoms with Crippen molar-refractivity contribution in [2.24, 2.45) is 11.8 Å². The van der Waals surface area contributed by atoms with Gasteiger partial charge in [0.15, 0.2) is 0 Å². The molecule has 2 heteroatoms. The summed E-state index contributed by atoms with van der Waals surface area (Å²) in [5.41, 5.74) is 0. The molecule has 1 fully saturated rings. The van der Waals surface area contributed by atoms with Crippen molar-refractivity contribution in [2.45, 2.75) is 39.0 Å². The predicted molar refractivity (Wildman–Crippen MR) is 43.4 cm³/mol. The number of carboxylic acid groups (broad SMARTS) is 1. The number of carboxylic acids is 1. The quantitative estimate of drug-likeness (QED) is 0.680. The maximum Gasteiger partial charge on any atom is 0.306 e. The lowest BCUT2D eigenvalue weighted by atomic mass is 9.92. The first kappa shape index (κ1) is 8.57. The minimum absolute atomic E-state index is 0.0325. The zero-order valence-electron chi connectivity index (χ0n) is 7.05. The van der Waals surface area contributed by atoms with Gasteiger partial charge in [0.05, 0.1) is 5.92 Å². The summed E-state index contributed by atoms with van der Waals surface area (Å²) in [5, 5.41) is 8.81. The van der Waals surface area contributed by atoms with Crippen molar-refractivity contribution in [3.8, 4) is 0 Å². The summed E-state index contributed by atoms with van der Waals surface area (Å²) in [4.78, 5) is 10.7. The van der Waals surface area contributed by atoms with Gasteiger partial charge in [-0.15, -0.1) is 0 Å². The third-order valence-electron chi connectivity index (χ3n) is 2.64. The third kappa shape index (κ3) is 1.95. The summed E-state index contributed by atoms with van der Waals surface area (Å²) in [5.74, 6) is -0.145. The Morgan fingerprint density at radius 3 is 2.82 bits per heavy atom. The molecule has 0 aromatic carbocycles. The summed E-state index contributed by atoms with van der Waals surface area (Å²) < 4.78 is 0. The van der Waals surface area contributed by atoms with E-state index in [-0.39, 0.29) is 5.92 Å². The topological polar surface area (TPSA) is 37.3 Å². The Kier molecular flexibility index (Phi) is 2.92. The summed E-state index contributed by atoms with van der Waals surface area (Å²) in [6.07, 6.45) is 5.36. The van der Waals surface area contributed by atoms with Crippen molar-refractivity contribution < 1.29 is 9.90 Å². The van der Waals surface area contributed by atoms with Gasteiger partial charge in [-0.25, -0.2) is 0 Å². The van der Waals surface area contributed by atoms with Crippen molar-refractivity contribution in [2.75, 3.05) is 0 Å². The van der Waals surface area contributed by atoms with E-state index in [4.69, 9.17) is 5.11 Å². The largest absolute Gasteiger partial charge is 0.481 e. The molecule has 1 rings (SSSR count). The van der Waals surface area contributed by atoms with Crippen molar-refractivity contribution in [1.82, 2.24) is 0 Å². The molecule has 1 N–H and O–H groups in total. The summed E-state index contributed by atoms with van der Waals surface area (Å²) in [6.45, 7) is 2.12. The Labute approximate surface area is 67.6 Å². The molecule has 2 unspecified atom stereocenters. The zero-order chi connectivity index (χ0) is 8.27. The molecule has 0 heterocycles. The van der Waals surface area contributed by atoms with Gasteiger partial charge in [0.25, 0.3) is 0 Å². The lowest BCUT2D eigenvalue weighted by Gasteiger charge is -2.13. The van der Waals surface area contributed by atoms with E-state index in [0.29, 0.717) is 5.92 Å². The fraction of sp³-hybridized carbons (Fsp3) is 0.889. The smallest absolute Gasteiger partial charge is 0.306 e. The van der Waals surface area contributed by atoms with E-state index >= 15 is 0 Å². The van der Waals surface area contributed by atoms with E-state index in [1.807, 2.05) is 0 Å². The highest BCUT2D eigenvalue weighted by Crippen LogP contribution is 2.34. The van der Waals surface area contributed by atoms with E-state index in [0.717, 1.165) is 32.1 Å². The highest BCUT2D eigenvalue weighted by molar-refractivity contribution is 5.70. The SMILES string of the molecule is CCCC1CCCC1C(=O)O. The zero-order valence-corrected chi connectivity index (χ0v) is 7.05. The normalized spacial score (nSPS) is 30.6. The number of hydrogen-bond donors (Lipinski definition) is 1. The van der Waals surface area contributed by atoms with Gasteiger partial charge >= 0.3 is 5.97 Å². The highest BCUT2D eigenvalue weighted by atomic mass is 16.4. The van der Waals surface area contributed by atoms with Gasteiger partial charge in [0, 0.05) is 0 Å². The van der Waals surface area contributed by atoms with Gasteiger partial charge in [0.1, 0.15) is 0 Å². The molecule has 0 amide bonds. The first-order chi connectivity index (χ1) is 5.25. The maximum absolute atomic E-state index is 10.7. The first-order valence-corrected chi connectivity index (χ1v) is 4.48. The summed E-state index contributed by atoms with van der Waals surface area (Å²) in [7, 11) is 0. The molecule has 2 atom stereocenters. The summed E-state index contributed by atoms with van der Waals surface area (Å²) >= 11 is 0. The molecule has 0 spiro atoms. The lowest BCUT2D eigenvalue weighted by Crippen LogP contribution is -2.17. The van der Waals surface area contributed by atoms with Crippen LogP contribution >= 0.6 is 0 Å². The van der Waals surface area contributed by atoms with Crippen LogP contribution in [0, 0.1) is 11.8 Å². The highest BCUT2D eigenvalue weighted by Gasteiger charge is 2.31. The third-order valence-corrected chi connectivity index (χ3v) is 2.64. The van der Waals surface area contributed by atoms with Crippen LogP contribution in [0.5, 0.6) is 0 Å². The van der Waals surface area contributed by atoms with E-state index in [1.54, 1.807) is 0 Å². The van der Waals surface area contributed by atoms with Crippen molar-refractivity contribution in [3.63, 3.8) is 0 Å². The molecule has 0 bridgehead atoms. The van der Waals surface area contributed by atoms with Crippen LogP contribution in [0.1, 0.15) is 39.0 Å². The van der Waals surface area contributed by atoms with Crippen LogP contribution < -0.4 is 0 Å². The number of rotatable bonds is 3. The fourth-order valence-electron chi connectivity index (χ4n) is 2.08. The molecular formula is C9H16O2. The Morgan fingerprint density at radius 2 is 2.27 bits per heavy atom. The van der Waals surface area contributed by atoms with Crippen LogP contribution in [-0.4, -0.2) is 11.1 Å².